The van der Waals surface area contributed by atoms with Crippen LogP contribution in [0.25, 0.3) is 0 Å². The summed E-state index contributed by atoms with van der Waals surface area (Å²) in [7, 11) is -4.10. The van der Waals surface area contributed by atoms with E-state index in [1.54, 1.807) is 5.38 Å². The molecule has 28 heavy (non-hydrogen) atoms. The van der Waals surface area contributed by atoms with Gasteiger partial charge in [0, 0.05) is 18.1 Å². The highest BCUT2D eigenvalue weighted by Crippen LogP contribution is 2.29. The summed E-state index contributed by atoms with van der Waals surface area (Å²) in [6, 6.07) is 2.22. The Kier molecular flexibility index (Phi) is 8.06. The summed E-state index contributed by atoms with van der Waals surface area (Å²) >= 11 is 7.26. The van der Waals surface area contributed by atoms with E-state index >= 15 is 0 Å². The van der Waals surface area contributed by atoms with Crippen molar-refractivity contribution in [1.29, 1.82) is 0 Å². The lowest BCUT2D eigenvalue weighted by Gasteiger charge is -2.21. The van der Waals surface area contributed by atoms with Gasteiger partial charge in [-0.2, -0.15) is 0 Å². The highest BCUT2D eigenvalue weighted by atomic mass is 35.5. The van der Waals surface area contributed by atoms with Crippen molar-refractivity contribution in [3.63, 3.8) is 0 Å². The minimum absolute atomic E-state index is 0.144. The molecule has 0 spiro atoms. The van der Waals surface area contributed by atoms with E-state index in [1.807, 2.05) is 0 Å². The number of sulfonamides is 1. The van der Waals surface area contributed by atoms with E-state index in [-0.39, 0.29) is 15.6 Å². The van der Waals surface area contributed by atoms with Gasteiger partial charge in [-0.15, -0.1) is 11.3 Å². The smallest absolute Gasteiger partial charge is 0.266 e. The van der Waals surface area contributed by atoms with Crippen LogP contribution in [0.15, 0.2) is 28.6 Å². The van der Waals surface area contributed by atoms with Gasteiger partial charge in [-0.05, 0) is 36.9 Å². The van der Waals surface area contributed by atoms with Crippen molar-refractivity contribution in [1.82, 2.24) is 4.98 Å². The van der Waals surface area contributed by atoms with E-state index in [1.165, 1.54) is 6.20 Å². The van der Waals surface area contributed by atoms with Crippen molar-refractivity contribution in [2.24, 2.45) is 11.1 Å². The highest BCUT2D eigenvalue weighted by molar-refractivity contribution is 7.93. The molecule has 0 atom stereocenters. The molecule has 0 aliphatic rings. The van der Waals surface area contributed by atoms with Gasteiger partial charge in [-0.1, -0.05) is 38.3 Å². The third-order valence-corrected chi connectivity index (χ3v) is 6.85. The lowest BCUT2D eigenvalue weighted by atomic mass is 9.87. The number of aromatic nitrogens is 1. The number of hydrogen-bond acceptors (Lipinski definition) is 6. The first-order valence-corrected chi connectivity index (χ1v) is 11.7. The highest BCUT2D eigenvalue weighted by Gasteiger charge is 2.22. The molecule has 0 bridgehead atoms. The monoisotopic (exact) mass is 448 g/mol. The number of unbranched alkanes of at least 4 members (excludes halogenated alkanes) is 2. The quantitative estimate of drug-likeness (QED) is 0.433. The standard InChI is InChI=1S/C18H26ClFN4O2S2/c1-18(2,12-21)6-4-3-5-7-22-15-11-14(20)16(10-13(15)19)28(25,26)24-17-23-8-9-27-17/h8-11,22H,3-7,12,21H2,1-2H3,(H,23,24). The summed E-state index contributed by atoms with van der Waals surface area (Å²) in [4.78, 5) is 3.32. The number of benzene rings is 1. The minimum atomic E-state index is -4.10. The van der Waals surface area contributed by atoms with Crippen LogP contribution in [-0.2, 0) is 10.0 Å². The molecule has 0 aliphatic carbocycles. The number of nitrogens with zero attached hydrogens (tertiary/aromatic N) is 1. The van der Waals surface area contributed by atoms with Gasteiger partial charge in [0.05, 0.1) is 10.7 Å². The number of anilines is 2. The SMILES string of the molecule is CC(C)(CN)CCCCCNc1cc(F)c(S(=O)(=O)Nc2nccs2)cc1Cl. The van der Waals surface area contributed by atoms with Crippen molar-refractivity contribution >= 4 is 43.8 Å². The van der Waals surface area contributed by atoms with E-state index < -0.39 is 20.7 Å². The Morgan fingerprint density at radius 3 is 2.68 bits per heavy atom. The van der Waals surface area contributed by atoms with Crippen LogP contribution in [0.4, 0.5) is 15.2 Å². The second-order valence-electron chi connectivity index (χ2n) is 7.31. The molecule has 1 aromatic heterocycles. The molecule has 2 rings (SSSR count). The number of rotatable bonds is 11. The van der Waals surface area contributed by atoms with Crippen LogP contribution in [0.3, 0.4) is 0 Å². The number of nitrogens with two attached hydrogens (primary N) is 1. The van der Waals surface area contributed by atoms with Crippen molar-refractivity contribution in [2.45, 2.75) is 44.4 Å². The molecule has 0 fully saturated rings. The molecule has 0 amide bonds. The Bertz CT molecular complexity index is 874. The fraction of sp³-hybridized carbons (Fsp3) is 0.500. The van der Waals surface area contributed by atoms with Crippen molar-refractivity contribution in [2.75, 3.05) is 23.1 Å². The molecular formula is C18H26ClFN4O2S2. The molecule has 0 unspecified atom stereocenters. The average molecular weight is 449 g/mol. The van der Waals surface area contributed by atoms with Gasteiger partial charge in [-0.3, -0.25) is 4.72 Å². The Labute approximate surface area is 174 Å². The Hall–Kier alpha value is -1.42. The van der Waals surface area contributed by atoms with Gasteiger partial charge >= 0.3 is 0 Å². The first kappa shape index (κ1) is 22.9. The molecule has 156 valence electrons. The number of hydrogen-bond donors (Lipinski definition) is 3. The van der Waals surface area contributed by atoms with Crippen LogP contribution in [0.1, 0.15) is 39.5 Å². The van der Waals surface area contributed by atoms with Crippen LogP contribution < -0.4 is 15.8 Å². The molecule has 0 saturated carbocycles. The summed E-state index contributed by atoms with van der Waals surface area (Å²) in [6.45, 7) is 5.57. The molecule has 1 heterocycles. The topological polar surface area (TPSA) is 97.1 Å². The molecule has 6 nitrogen and oxygen atoms in total. The number of halogens is 2. The van der Waals surface area contributed by atoms with Crippen molar-refractivity contribution in [3.8, 4) is 0 Å². The fourth-order valence-corrected chi connectivity index (χ4v) is 4.71. The summed E-state index contributed by atoms with van der Waals surface area (Å²) in [5.74, 6) is -0.874. The third-order valence-electron chi connectivity index (χ3n) is 4.36. The predicted octanol–water partition coefficient (Wildman–Crippen LogP) is 4.69. The fourth-order valence-electron chi connectivity index (χ4n) is 2.54. The normalized spacial score (nSPS) is 12.2. The molecule has 1 aromatic carbocycles. The summed E-state index contributed by atoms with van der Waals surface area (Å²) in [5.41, 5.74) is 6.24. The lowest BCUT2D eigenvalue weighted by Crippen LogP contribution is -2.23. The van der Waals surface area contributed by atoms with Crippen LogP contribution in [-0.4, -0.2) is 26.5 Å². The molecule has 10 heteroatoms. The summed E-state index contributed by atoms with van der Waals surface area (Å²) in [6.07, 6.45) is 5.48. The largest absolute Gasteiger partial charge is 0.384 e. The van der Waals surface area contributed by atoms with E-state index in [2.05, 4.69) is 28.9 Å². The van der Waals surface area contributed by atoms with Gasteiger partial charge in [0.1, 0.15) is 10.7 Å². The maximum Gasteiger partial charge on any atom is 0.266 e. The molecule has 4 N–H and O–H groups in total. The predicted molar refractivity (Wildman–Crippen MR) is 114 cm³/mol. The zero-order chi connectivity index (χ0) is 20.8. The maximum atomic E-state index is 14.4. The zero-order valence-electron chi connectivity index (χ0n) is 16.0. The second kappa shape index (κ2) is 9.87. The van der Waals surface area contributed by atoms with E-state index in [4.69, 9.17) is 17.3 Å². The minimum Gasteiger partial charge on any atom is -0.384 e. The average Bonchev–Trinajstić information content (AvgIpc) is 3.12. The van der Waals surface area contributed by atoms with Crippen LogP contribution in [0.5, 0.6) is 0 Å². The van der Waals surface area contributed by atoms with Gasteiger partial charge in [0.2, 0.25) is 0 Å². The zero-order valence-corrected chi connectivity index (χ0v) is 18.4. The van der Waals surface area contributed by atoms with Crippen LogP contribution in [0, 0.1) is 11.2 Å². The number of nitrogens with one attached hydrogen (secondary N) is 2. The summed E-state index contributed by atoms with van der Waals surface area (Å²) < 4.78 is 41.3. The molecular weight excluding hydrogens is 423 g/mol. The Morgan fingerprint density at radius 1 is 1.29 bits per heavy atom. The van der Waals surface area contributed by atoms with Gasteiger partial charge in [-0.25, -0.2) is 17.8 Å². The van der Waals surface area contributed by atoms with E-state index in [9.17, 15) is 12.8 Å². The van der Waals surface area contributed by atoms with E-state index in [0.717, 1.165) is 49.2 Å². The Morgan fingerprint density at radius 2 is 2.04 bits per heavy atom. The Balaban J connectivity index is 1.93. The van der Waals surface area contributed by atoms with Crippen LogP contribution in [0.2, 0.25) is 5.02 Å². The summed E-state index contributed by atoms with van der Waals surface area (Å²) in [5, 5.41) is 4.99. The van der Waals surface area contributed by atoms with E-state index in [0.29, 0.717) is 18.8 Å². The van der Waals surface area contributed by atoms with Crippen LogP contribution >= 0.6 is 22.9 Å². The van der Waals surface area contributed by atoms with Gasteiger partial charge in [0.15, 0.2) is 5.13 Å². The molecule has 0 radical (unpaired) electrons. The molecule has 0 aliphatic heterocycles. The first-order chi connectivity index (χ1) is 13.1. The first-order valence-electron chi connectivity index (χ1n) is 9.00. The van der Waals surface area contributed by atoms with Crippen molar-refractivity contribution in [3.05, 3.63) is 34.5 Å². The number of thiazole rings is 1. The van der Waals surface area contributed by atoms with Crippen molar-refractivity contribution < 1.29 is 12.8 Å². The second-order valence-corrected chi connectivity index (χ2v) is 10.3. The van der Waals surface area contributed by atoms with Gasteiger partial charge < -0.3 is 11.1 Å². The molecule has 2 aromatic rings. The van der Waals surface area contributed by atoms with Gasteiger partial charge in [0.25, 0.3) is 10.0 Å². The third kappa shape index (κ3) is 6.58. The molecule has 0 saturated heterocycles. The maximum absolute atomic E-state index is 14.4. The lowest BCUT2D eigenvalue weighted by molar-refractivity contribution is 0.332.